The van der Waals surface area contributed by atoms with Gasteiger partial charge in [0, 0.05) is 43.6 Å². The van der Waals surface area contributed by atoms with E-state index in [1.165, 1.54) is 4.90 Å². The quantitative estimate of drug-likeness (QED) is 0.442. The molecule has 1 saturated heterocycles. The number of nitrogens with zero attached hydrogens (tertiary/aromatic N) is 2. The first-order chi connectivity index (χ1) is 16.5. The van der Waals surface area contributed by atoms with Gasteiger partial charge in [0.15, 0.2) is 0 Å². The number of ether oxygens (including phenoxy) is 1. The van der Waals surface area contributed by atoms with Gasteiger partial charge in [-0.25, -0.2) is 0 Å². The average molecular weight is 470 g/mol. The molecule has 0 radical (unpaired) electrons. The summed E-state index contributed by atoms with van der Waals surface area (Å²) in [5.74, 6) is 0.777. The van der Waals surface area contributed by atoms with Crippen LogP contribution in [0.15, 0.2) is 18.2 Å². The zero-order valence-corrected chi connectivity index (χ0v) is 20.7. The SMILES string of the molecule is CCCN(CCCCN1C(=O)CC2(CCCC2)CC1=O)[C@@H]1COc2cccc(C(=O)NC)c2C1. The van der Waals surface area contributed by atoms with E-state index in [1.54, 1.807) is 7.05 Å². The number of hydrogen-bond acceptors (Lipinski definition) is 5. The van der Waals surface area contributed by atoms with Gasteiger partial charge in [0.2, 0.25) is 11.8 Å². The van der Waals surface area contributed by atoms with Crippen LogP contribution in [0.4, 0.5) is 0 Å². The van der Waals surface area contributed by atoms with Crippen LogP contribution in [0.3, 0.4) is 0 Å². The Balaban J connectivity index is 1.31. The summed E-state index contributed by atoms with van der Waals surface area (Å²) in [4.78, 5) is 41.7. The van der Waals surface area contributed by atoms with E-state index in [1.807, 2.05) is 18.2 Å². The molecule has 1 aliphatic carbocycles. The third-order valence-electron chi connectivity index (χ3n) is 7.90. The number of likely N-dealkylation sites (tertiary alicyclic amines) is 1. The van der Waals surface area contributed by atoms with Gasteiger partial charge in [0.05, 0.1) is 0 Å². The van der Waals surface area contributed by atoms with E-state index in [-0.39, 0.29) is 29.2 Å². The number of unbranched alkanes of at least 4 members (excludes halogenated alkanes) is 1. The first kappa shape index (κ1) is 24.7. The summed E-state index contributed by atoms with van der Waals surface area (Å²) in [5.41, 5.74) is 1.63. The molecule has 3 aliphatic rings. The van der Waals surface area contributed by atoms with Crippen LogP contribution >= 0.6 is 0 Å². The Morgan fingerprint density at radius 2 is 1.88 bits per heavy atom. The molecule has 186 valence electrons. The maximum Gasteiger partial charge on any atom is 0.251 e. The molecule has 1 aromatic carbocycles. The molecule has 0 bridgehead atoms. The number of hydrogen-bond donors (Lipinski definition) is 1. The van der Waals surface area contributed by atoms with Gasteiger partial charge < -0.3 is 10.1 Å². The fraction of sp³-hybridized carbons (Fsp3) is 0.667. The third kappa shape index (κ3) is 5.29. The van der Waals surface area contributed by atoms with Gasteiger partial charge in [-0.15, -0.1) is 0 Å². The second-order valence-corrected chi connectivity index (χ2v) is 10.3. The molecular weight excluding hydrogens is 430 g/mol. The van der Waals surface area contributed by atoms with Crippen LogP contribution in [0.2, 0.25) is 0 Å². The molecule has 1 saturated carbocycles. The second-order valence-electron chi connectivity index (χ2n) is 10.3. The number of benzene rings is 1. The van der Waals surface area contributed by atoms with Crippen LogP contribution in [0, 0.1) is 5.41 Å². The molecule has 4 rings (SSSR count). The molecule has 34 heavy (non-hydrogen) atoms. The highest BCUT2D eigenvalue weighted by Gasteiger charge is 2.44. The Bertz CT molecular complexity index is 889. The fourth-order valence-corrected chi connectivity index (χ4v) is 6.08. The number of nitrogens with one attached hydrogen (secondary N) is 1. The van der Waals surface area contributed by atoms with Crippen LogP contribution < -0.4 is 10.1 Å². The normalized spacial score (nSPS) is 21.6. The number of carbonyl (C=O) groups is 3. The van der Waals surface area contributed by atoms with Crippen molar-refractivity contribution in [2.75, 3.05) is 33.3 Å². The highest BCUT2D eigenvalue weighted by atomic mass is 16.5. The van der Waals surface area contributed by atoms with Crippen molar-refractivity contribution in [3.8, 4) is 5.75 Å². The largest absolute Gasteiger partial charge is 0.492 e. The van der Waals surface area contributed by atoms with Crippen molar-refractivity contribution in [2.24, 2.45) is 5.41 Å². The topological polar surface area (TPSA) is 79.0 Å². The lowest BCUT2D eigenvalue weighted by molar-refractivity contribution is -0.153. The molecule has 2 heterocycles. The smallest absolute Gasteiger partial charge is 0.251 e. The number of fused-ring (bicyclic) bond motifs is 1. The molecule has 1 N–H and O–H groups in total. The van der Waals surface area contributed by atoms with Crippen molar-refractivity contribution in [3.63, 3.8) is 0 Å². The Morgan fingerprint density at radius 3 is 2.56 bits per heavy atom. The summed E-state index contributed by atoms with van der Waals surface area (Å²) >= 11 is 0. The van der Waals surface area contributed by atoms with Gasteiger partial charge >= 0.3 is 0 Å². The van der Waals surface area contributed by atoms with Crippen molar-refractivity contribution in [1.29, 1.82) is 0 Å². The van der Waals surface area contributed by atoms with Gasteiger partial charge in [0.25, 0.3) is 5.91 Å². The van der Waals surface area contributed by atoms with Crippen LogP contribution in [0.25, 0.3) is 0 Å². The number of rotatable bonds is 9. The maximum atomic E-state index is 12.7. The van der Waals surface area contributed by atoms with Gasteiger partial charge in [-0.05, 0) is 69.2 Å². The highest BCUT2D eigenvalue weighted by Crippen LogP contribution is 2.46. The Labute approximate surface area is 203 Å². The van der Waals surface area contributed by atoms with Crippen LogP contribution in [-0.2, 0) is 16.0 Å². The number of piperidine rings is 1. The van der Waals surface area contributed by atoms with Crippen molar-refractivity contribution in [2.45, 2.75) is 77.2 Å². The Kier molecular flexibility index (Phi) is 7.91. The molecule has 0 unspecified atom stereocenters. The summed E-state index contributed by atoms with van der Waals surface area (Å²) in [7, 11) is 1.65. The summed E-state index contributed by atoms with van der Waals surface area (Å²) in [6.07, 6.45) is 9.00. The van der Waals surface area contributed by atoms with Gasteiger partial charge in [-0.1, -0.05) is 25.8 Å². The van der Waals surface area contributed by atoms with E-state index in [0.29, 0.717) is 31.6 Å². The summed E-state index contributed by atoms with van der Waals surface area (Å²) < 4.78 is 6.05. The molecule has 1 atom stereocenters. The van der Waals surface area contributed by atoms with Crippen LogP contribution in [0.5, 0.6) is 5.75 Å². The molecule has 2 aliphatic heterocycles. The lowest BCUT2D eigenvalue weighted by Gasteiger charge is -2.37. The number of imide groups is 1. The van der Waals surface area contributed by atoms with Gasteiger partial charge in [0.1, 0.15) is 12.4 Å². The first-order valence-corrected chi connectivity index (χ1v) is 13.0. The van der Waals surface area contributed by atoms with Crippen LogP contribution in [0.1, 0.15) is 80.6 Å². The van der Waals surface area contributed by atoms with E-state index in [0.717, 1.165) is 75.8 Å². The minimum atomic E-state index is -0.0848. The zero-order valence-electron chi connectivity index (χ0n) is 20.7. The van der Waals surface area contributed by atoms with Crippen molar-refractivity contribution >= 4 is 17.7 Å². The van der Waals surface area contributed by atoms with Gasteiger partial charge in [-0.2, -0.15) is 0 Å². The zero-order chi connectivity index (χ0) is 24.1. The minimum absolute atomic E-state index is 0.0302. The molecule has 3 amide bonds. The maximum absolute atomic E-state index is 12.7. The van der Waals surface area contributed by atoms with Crippen molar-refractivity contribution < 1.29 is 19.1 Å². The van der Waals surface area contributed by atoms with E-state index in [9.17, 15) is 14.4 Å². The molecule has 7 nitrogen and oxygen atoms in total. The number of amides is 3. The lowest BCUT2D eigenvalue weighted by Crippen LogP contribution is -2.47. The predicted molar refractivity (Wildman–Crippen MR) is 131 cm³/mol. The molecule has 0 aromatic heterocycles. The molecule has 1 aromatic rings. The monoisotopic (exact) mass is 469 g/mol. The second kappa shape index (κ2) is 10.9. The molecule has 7 heteroatoms. The van der Waals surface area contributed by atoms with Crippen molar-refractivity contribution in [1.82, 2.24) is 15.1 Å². The summed E-state index contributed by atoms with van der Waals surface area (Å²) in [5, 5.41) is 2.73. The lowest BCUT2D eigenvalue weighted by atomic mass is 9.76. The summed E-state index contributed by atoms with van der Waals surface area (Å²) in [6, 6.07) is 5.87. The van der Waals surface area contributed by atoms with Crippen LogP contribution in [-0.4, -0.2) is 66.9 Å². The molecule has 1 spiro atoms. The van der Waals surface area contributed by atoms with Gasteiger partial charge in [-0.3, -0.25) is 24.2 Å². The first-order valence-electron chi connectivity index (χ1n) is 13.0. The van der Waals surface area contributed by atoms with E-state index in [2.05, 4.69) is 17.1 Å². The fourth-order valence-electron chi connectivity index (χ4n) is 6.08. The Hall–Kier alpha value is -2.41. The Morgan fingerprint density at radius 1 is 1.15 bits per heavy atom. The molecule has 2 fully saturated rings. The average Bonchev–Trinajstić information content (AvgIpc) is 3.28. The number of carbonyl (C=O) groups excluding carboxylic acids is 3. The molecular formula is C27H39N3O4. The highest BCUT2D eigenvalue weighted by molar-refractivity contribution is 5.98. The van der Waals surface area contributed by atoms with Crippen molar-refractivity contribution in [3.05, 3.63) is 29.3 Å². The third-order valence-corrected chi connectivity index (χ3v) is 7.90. The predicted octanol–water partition coefficient (Wildman–Crippen LogP) is 3.55. The minimum Gasteiger partial charge on any atom is -0.492 e. The summed E-state index contributed by atoms with van der Waals surface area (Å²) in [6.45, 7) is 5.15. The van der Waals surface area contributed by atoms with E-state index in [4.69, 9.17) is 4.74 Å². The standard InChI is InChI=1S/C27H39N3O4/c1-3-13-29(20-16-22-21(26(33)28-2)9-8-10-23(22)34-19-20)14-6-7-15-30-24(31)17-27(18-25(30)32)11-4-5-12-27/h8-10,20H,3-7,11-19H2,1-2H3,(H,28,33)/t20-/m0/s1. The van der Waals surface area contributed by atoms with E-state index < -0.39 is 0 Å². The van der Waals surface area contributed by atoms with E-state index >= 15 is 0 Å².